The summed E-state index contributed by atoms with van der Waals surface area (Å²) in [6.45, 7) is 2.19. The number of pyridine rings is 1. The number of aromatic nitrogens is 1. The van der Waals surface area contributed by atoms with Gasteiger partial charge < -0.3 is 14.5 Å². The normalized spacial score (nSPS) is 13.2. The molecule has 2 aromatic heterocycles. The Morgan fingerprint density at radius 2 is 2.00 bits per heavy atom. The predicted octanol–water partition coefficient (Wildman–Crippen LogP) is 4.95. The Labute approximate surface area is 142 Å². The van der Waals surface area contributed by atoms with Crippen LogP contribution in [0.1, 0.15) is 23.1 Å². The van der Waals surface area contributed by atoms with E-state index in [2.05, 4.69) is 10.3 Å². The number of benzene rings is 1. The summed E-state index contributed by atoms with van der Waals surface area (Å²) in [7, 11) is 1.57. The van der Waals surface area contributed by atoms with Crippen molar-refractivity contribution in [3.63, 3.8) is 0 Å². The number of rotatable bonds is 5. The van der Waals surface area contributed by atoms with E-state index in [1.54, 1.807) is 13.2 Å². The monoisotopic (exact) mass is 350 g/mol. The van der Waals surface area contributed by atoms with E-state index in [1.807, 2.05) is 19.1 Å². The van der Waals surface area contributed by atoms with Crippen LogP contribution in [0.5, 0.6) is 0 Å². The van der Waals surface area contributed by atoms with Crippen LogP contribution in [0.2, 0.25) is 0 Å². The second-order valence-electron chi connectivity index (χ2n) is 5.69. The number of nitrogens with zero attached hydrogens (tertiary/aromatic N) is 1. The molecule has 1 aromatic carbocycles. The zero-order valence-electron chi connectivity index (χ0n) is 13.7. The van der Waals surface area contributed by atoms with E-state index in [-0.39, 0.29) is 11.6 Å². The molecule has 0 saturated carbocycles. The van der Waals surface area contributed by atoms with E-state index in [4.69, 9.17) is 9.15 Å². The van der Waals surface area contributed by atoms with E-state index < -0.39 is 11.7 Å². The van der Waals surface area contributed by atoms with E-state index in [0.29, 0.717) is 23.4 Å². The maximum absolute atomic E-state index is 12.9. The molecule has 7 heteroatoms. The summed E-state index contributed by atoms with van der Waals surface area (Å²) >= 11 is 0. The van der Waals surface area contributed by atoms with E-state index in [9.17, 15) is 13.2 Å². The van der Waals surface area contributed by atoms with Crippen molar-refractivity contribution in [3.8, 4) is 0 Å². The molecule has 0 aliphatic carbocycles. The quantitative estimate of drug-likeness (QED) is 0.707. The van der Waals surface area contributed by atoms with Crippen LogP contribution in [0, 0.1) is 6.92 Å². The number of hydrogen-bond acceptors (Lipinski definition) is 4. The molecule has 1 unspecified atom stereocenters. The van der Waals surface area contributed by atoms with Crippen molar-refractivity contribution in [2.45, 2.75) is 19.1 Å². The van der Waals surface area contributed by atoms with Crippen LogP contribution in [-0.4, -0.2) is 18.7 Å². The molecule has 4 nitrogen and oxygen atoms in total. The largest absolute Gasteiger partial charge is 0.464 e. The molecule has 0 fully saturated rings. The Morgan fingerprint density at radius 1 is 1.20 bits per heavy atom. The number of aryl methyl sites for hydroxylation is 1. The van der Waals surface area contributed by atoms with Crippen molar-refractivity contribution in [1.29, 1.82) is 0 Å². The van der Waals surface area contributed by atoms with Crippen LogP contribution in [0.4, 0.5) is 18.9 Å². The third-order valence-corrected chi connectivity index (χ3v) is 3.84. The first-order valence-electron chi connectivity index (χ1n) is 7.66. The zero-order valence-corrected chi connectivity index (χ0v) is 13.7. The Morgan fingerprint density at radius 3 is 2.64 bits per heavy atom. The number of methoxy groups -OCH3 is 1. The fourth-order valence-electron chi connectivity index (χ4n) is 2.64. The number of ether oxygens (including phenoxy) is 1. The van der Waals surface area contributed by atoms with E-state index >= 15 is 0 Å². The first-order valence-corrected chi connectivity index (χ1v) is 7.66. The lowest BCUT2D eigenvalue weighted by molar-refractivity contribution is -0.137. The molecule has 0 saturated heterocycles. The van der Waals surface area contributed by atoms with Crippen molar-refractivity contribution in [1.82, 2.24) is 4.98 Å². The number of anilines is 1. The van der Waals surface area contributed by atoms with Crippen molar-refractivity contribution in [2.24, 2.45) is 0 Å². The molecular weight excluding hydrogens is 333 g/mol. The Kier molecular flexibility index (Phi) is 4.67. The smallest absolute Gasteiger partial charge is 0.416 e. The van der Waals surface area contributed by atoms with Gasteiger partial charge in [0.05, 0.1) is 17.7 Å². The highest BCUT2D eigenvalue weighted by atomic mass is 19.4. The van der Waals surface area contributed by atoms with Crippen LogP contribution in [-0.2, 0) is 10.9 Å². The average Bonchev–Trinajstić information content (AvgIpc) is 3.00. The number of nitrogens with one attached hydrogen (secondary N) is 1. The number of furan rings is 1. The molecule has 3 rings (SSSR count). The summed E-state index contributed by atoms with van der Waals surface area (Å²) in [5.41, 5.74) is 0.209. The number of halogens is 3. The van der Waals surface area contributed by atoms with Gasteiger partial charge in [0, 0.05) is 24.4 Å². The highest BCUT2D eigenvalue weighted by Crippen LogP contribution is 2.33. The summed E-state index contributed by atoms with van der Waals surface area (Å²) in [6.07, 6.45) is -2.92. The first-order chi connectivity index (χ1) is 11.9. The molecule has 0 aliphatic rings. The molecule has 0 aliphatic heterocycles. The van der Waals surface area contributed by atoms with Gasteiger partial charge in [-0.15, -0.1) is 0 Å². The Balaban J connectivity index is 1.97. The SMILES string of the molecule is COCC(Nc1ccnc2cc(C(F)(F)F)ccc12)c1ccc(C)o1. The third kappa shape index (κ3) is 3.76. The predicted molar refractivity (Wildman–Crippen MR) is 88.4 cm³/mol. The lowest BCUT2D eigenvalue weighted by atomic mass is 10.1. The second-order valence-corrected chi connectivity index (χ2v) is 5.69. The molecule has 2 heterocycles. The number of alkyl halides is 3. The van der Waals surface area contributed by atoms with Crippen LogP contribution in [0.3, 0.4) is 0 Å². The second kappa shape index (κ2) is 6.76. The van der Waals surface area contributed by atoms with Crippen LogP contribution in [0.25, 0.3) is 10.9 Å². The van der Waals surface area contributed by atoms with Gasteiger partial charge in [0.25, 0.3) is 0 Å². The fraction of sp³-hybridized carbons (Fsp3) is 0.278. The van der Waals surface area contributed by atoms with Crippen LogP contribution in [0.15, 0.2) is 47.0 Å². The minimum Gasteiger partial charge on any atom is -0.464 e. The summed E-state index contributed by atoms with van der Waals surface area (Å²) in [6, 6.07) is 8.66. The highest BCUT2D eigenvalue weighted by molar-refractivity contribution is 5.91. The molecule has 25 heavy (non-hydrogen) atoms. The molecule has 0 amide bonds. The maximum Gasteiger partial charge on any atom is 0.416 e. The van der Waals surface area contributed by atoms with E-state index in [0.717, 1.165) is 17.9 Å². The minimum atomic E-state index is -4.40. The molecule has 0 spiro atoms. The van der Waals surface area contributed by atoms with Crippen LogP contribution >= 0.6 is 0 Å². The third-order valence-electron chi connectivity index (χ3n) is 3.84. The molecule has 3 aromatic rings. The standard InChI is InChI=1S/C18H17F3N2O2/c1-11-3-6-17(25-11)16(10-24-2)23-14-7-8-22-15-9-12(18(19,20)21)4-5-13(14)15/h3-9,16H,10H2,1-2H3,(H,22,23). The zero-order chi connectivity index (χ0) is 18.0. The Bertz CT molecular complexity index is 874. The van der Waals surface area contributed by atoms with Gasteiger partial charge in [-0.05, 0) is 37.3 Å². The van der Waals surface area contributed by atoms with Gasteiger partial charge in [0.2, 0.25) is 0 Å². The van der Waals surface area contributed by atoms with E-state index in [1.165, 1.54) is 12.3 Å². The average molecular weight is 350 g/mol. The molecule has 1 atom stereocenters. The highest BCUT2D eigenvalue weighted by Gasteiger charge is 2.30. The number of hydrogen-bond donors (Lipinski definition) is 1. The fourth-order valence-corrected chi connectivity index (χ4v) is 2.64. The molecular formula is C18H17F3N2O2. The molecule has 0 radical (unpaired) electrons. The lowest BCUT2D eigenvalue weighted by Crippen LogP contribution is -2.16. The maximum atomic E-state index is 12.9. The number of fused-ring (bicyclic) bond motifs is 1. The Hall–Kier alpha value is -2.54. The molecule has 1 N–H and O–H groups in total. The molecule has 0 bridgehead atoms. The first kappa shape index (κ1) is 17.3. The van der Waals surface area contributed by atoms with Crippen molar-refractivity contribution >= 4 is 16.6 Å². The minimum absolute atomic E-state index is 0.270. The van der Waals surface area contributed by atoms with Gasteiger partial charge in [0.1, 0.15) is 17.6 Å². The summed E-state index contributed by atoms with van der Waals surface area (Å²) in [4.78, 5) is 4.05. The van der Waals surface area contributed by atoms with Gasteiger partial charge in [-0.2, -0.15) is 13.2 Å². The van der Waals surface area contributed by atoms with Gasteiger partial charge in [0.15, 0.2) is 0 Å². The van der Waals surface area contributed by atoms with Crippen molar-refractivity contribution in [2.75, 3.05) is 19.0 Å². The summed E-state index contributed by atoms with van der Waals surface area (Å²) < 4.78 is 49.5. The summed E-state index contributed by atoms with van der Waals surface area (Å²) in [5, 5.41) is 3.87. The van der Waals surface area contributed by atoms with Gasteiger partial charge in [-0.3, -0.25) is 4.98 Å². The van der Waals surface area contributed by atoms with Crippen molar-refractivity contribution in [3.05, 3.63) is 59.7 Å². The summed E-state index contributed by atoms with van der Waals surface area (Å²) in [5.74, 6) is 1.46. The van der Waals surface area contributed by atoms with Crippen LogP contribution < -0.4 is 5.32 Å². The van der Waals surface area contributed by atoms with Crippen molar-refractivity contribution < 1.29 is 22.3 Å². The van der Waals surface area contributed by atoms with Gasteiger partial charge in [-0.1, -0.05) is 6.07 Å². The topological polar surface area (TPSA) is 47.3 Å². The van der Waals surface area contributed by atoms with Gasteiger partial charge >= 0.3 is 6.18 Å². The van der Waals surface area contributed by atoms with Gasteiger partial charge in [-0.25, -0.2) is 0 Å². The lowest BCUT2D eigenvalue weighted by Gasteiger charge is -2.18. The molecule has 132 valence electrons.